The van der Waals surface area contributed by atoms with Crippen LogP contribution in [0.2, 0.25) is 0 Å². The van der Waals surface area contributed by atoms with Gasteiger partial charge in [-0.15, -0.1) is 0 Å². The van der Waals surface area contributed by atoms with Gasteiger partial charge in [0.1, 0.15) is 10.3 Å². The largest absolute Gasteiger partial charge is 0.456 e. The van der Waals surface area contributed by atoms with Crippen molar-refractivity contribution in [1.82, 2.24) is 9.97 Å². The van der Waals surface area contributed by atoms with Crippen LogP contribution < -0.4 is 0 Å². The molecule has 0 unspecified atom stereocenters. The first kappa shape index (κ1) is 10.7. The Bertz CT molecular complexity index is 378. The number of carbonyl (C=O) groups excluding carboxylic acids is 1. The Kier molecular flexibility index (Phi) is 4.08. The van der Waals surface area contributed by atoms with Gasteiger partial charge < -0.3 is 4.74 Å². The van der Waals surface area contributed by atoms with Gasteiger partial charge in [-0.05, 0) is 28.8 Å². The minimum Gasteiger partial charge on any atom is -0.456 e. The number of esters is 1. The highest BCUT2D eigenvalue weighted by atomic mass is 79.9. The van der Waals surface area contributed by atoms with Crippen LogP contribution in [0.25, 0.3) is 0 Å². The zero-order valence-corrected chi connectivity index (χ0v) is 9.04. The molecule has 0 saturated heterocycles. The molecule has 14 heavy (non-hydrogen) atoms. The summed E-state index contributed by atoms with van der Waals surface area (Å²) >= 11 is 3.14. The molecule has 0 spiro atoms. The average molecular weight is 255 g/mol. The van der Waals surface area contributed by atoms with Crippen LogP contribution in [0.1, 0.15) is 12.6 Å². The van der Waals surface area contributed by atoms with Crippen molar-refractivity contribution in [3.63, 3.8) is 0 Å². The van der Waals surface area contributed by atoms with E-state index in [1.165, 1.54) is 12.4 Å². The second-order valence-electron chi connectivity index (χ2n) is 2.19. The predicted octanol–water partition coefficient (Wildman–Crippen LogP) is 1.15. The summed E-state index contributed by atoms with van der Waals surface area (Å²) in [5.41, 5.74) is 0.432. The fourth-order valence-electron chi connectivity index (χ4n) is 0.659. The lowest BCUT2D eigenvalue weighted by Gasteiger charge is -1.91. The monoisotopic (exact) mass is 254 g/mol. The van der Waals surface area contributed by atoms with E-state index in [0.29, 0.717) is 16.9 Å². The quantitative estimate of drug-likeness (QED) is 0.558. The molecule has 0 aliphatic rings. The van der Waals surface area contributed by atoms with Crippen molar-refractivity contribution in [1.29, 1.82) is 0 Å². The van der Waals surface area contributed by atoms with Gasteiger partial charge in [0.05, 0.1) is 19.0 Å². The first-order chi connectivity index (χ1) is 6.72. The maximum Gasteiger partial charge on any atom is 0.384 e. The smallest absolute Gasteiger partial charge is 0.384 e. The van der Waals surface area contributed by atoms with Crippen molar-refractivity contribution in [3.8, 4) is 11.8 Å². The predicted molar refractivity (Wildman–Crippen MR) is 53.2 cm³/mol. The first-order valence-electron chi connectivity index (χ1n) is 3.88. The summed E-state index contributed by atoms with van der Waals surface area (Å²) in [4.78, 5) is 18.7. The Morgan fingerprint density at radius 2 is 2.36 bits per heavy atom. The lowest BCUT2D eigenvalue weighted by molar-refractivity contribution is -0.136. The normalized spacial score (nSPS) is 8.71. The Morgan fingerprint density at radius 3 is 2.93 bits per heavy atom. The summed E-state index contributed by atoms with van der Waals surface area (Å²) in [6.45, 7) is 2.04. The minimum absolute atomic E-state index is 0.319. The lowest BCUT2D eigenvalue weighted by Crippen LogP contribution is -1.99. The molecule has 0 aromatic carbocycles. The number of hydrogen-bond acceptors (Lipinski definition) is 4. The van der Waals surface area contributed by atoms with Crippen molar-refractivity contribution in [2.45, 2.75) is 6.92 Å². The molecule has 0 saturated carbocycles. The molecule has 0 amide bonds. The van der Waals surface area contributed by atoms with Crippen LogP contribution in [0.15, 0.2) is 17.0 Å². The van der Waals surface area contributed by atoms with Gasteiger partial charge in [-0.1, -0.05) is 0 Å². The van der Waals surface area contributed by atoms with E-state index in [9.17, 15) is 4.79 Å². The molecule has 0 bridgehead atoms. The second-order valence-corrected chi connectivity index (χ2v) is 3.01. The summed E-state index contributed by atoms with van der Waals surface area (Å²) in [6.07, 6.45) is 2.98. The summed E-state index contributed by atoms with van der Waals surface area (Å²) in [6, 6.07) is 0. The number of nitrogens with zero attached hydrogens (tertiary/aromatic N) is 2. The van der Waals surface area contributed by atoms with E-state index < -0.39 is 5.97 Å². The minimum atomic E-state index is -0.558. The standard InChI is InChI=1S/C9H7BrN2O2/c1-2-14-9(13)4-3-7-5-12-8(10)6-11-7/h5-6H,2H2,1H3. The van der Waals surface area contributed by atoms with Gasteiger partial charge >= 0.3 is 5.97 Å². The van der Waals surface area contributed by atoms with Crippen molar-refractivity contribution >= 4 is 21.9 Å². The van der Waals surface area contributed by atoms with Crippen LogP contribution in [0.3, 0.4) is 0 Å². The van der Waals surface area contributed by atoms with E-state index in [4.69, 9.17) is 0 Å². The van der Waals surface area contributed by atoms with Gasteiger partial charge in [0, 0.05) is 5.92 Å². The fraction of sp³-hybridized carbons (Fsp3) is 0.222. The second kappa shape index (κ2) is 5.35. The average Bonchev–Trinajstić information content (AvgIpc) is 2.17. The Hall–Kier alpha value is -1.41. The van der Waals surface area contributed by atoms with Gasteiger partial charge in [0.15, 0.2) is 0 Å². The van der Waals surface area contributed by atoms with Gasteiger partial charge in [0.2, 0.25) is 0 Å². The molecule has 0 fully saturated rings. The number of halogens is 1. The molecule has 0 aliphatic carbocycles. The van der Waals surface area contributed by atoms with E-state index in [0.717, 1.165) is 0 Å². The van der Waals surface area contributed by atoms with Gasteiger partial charge in [-0.3, -0.25) is 0 Å². The summed E-state index contributed by atoms with van der Waals surface area (Å²) in [5.74, 6) is 4.27. The zero-order valence-electron chi connectivity index (χ0n) is 7.45. The van der Waals surface area contributed by atoms with Crippen LogP contribution >= 0.6 is 15.9 Å². The summed E-state index contributed by atoms with van der Waals surface area (Å²) < 4.78 is 5.24. The van der Waals surface area contributed by atoms with Crippen LogP contribution in [0.4, 0.5) is 0 Å². The Balaban J connectivity index is 2.68. The van der Waals surface area contributed by atoms with Crippen molar-refractivity contribution in [3.05, 3.63) is 22.7 Å². The number of aromatic nitrogens is 2. The van der Waals surface area contributed by atoms with Crippen LogP contribution in [-0.2, 0) is 9.53 Å². The third-order valence-corrected chi connectivity index (χ3v) is 1.60. The molecule has 0 aliphatic heterocycles. The fourth-order valence-corrected chi connectivity index (χ4v) is 0.864. The van der Waals surface area contributed by atoms with E-state index in [1.807, 2.05) is 0 Å². The number of ether oxygens (including phenoxy) is 1. The van der Waals surface area contributed by atoms with E-state index in [2.05, 4.69) is 42.5 Å². The highest BCUT2D eigenvalue weighted by Gasteiger charge is 1.94. The molecular formula is C9H7BrN2O2. The van der Waals surface area contributed by atoms with E-state index >= 15 is 0 Å². The Morgan fingerprint density at radius 1 is 1.57 bits per heavy atom. The zero-order chi connectivity index (χ0) is 10.4. The molecule has 0 atom stereocenters. The van der Waals surface area contributed by atoms with E-state index in [1.54, 1.807) is 6.92 Å². The van der Waals surface area contributed by atoms with Gasteiger partial charge in [0.25, 0.3) is 0 Å². The summed E-state index contributed by atoms with van der Waals surface area (Å²) in [7, 11) is 0. The van der Waals surface area contributed by atoms with Gasteiger partial charge in [-0.25, -0.2) is 14.8 Å². The molecule has 1 aromatic heterocycles. The lowest BCUT2D eigenvalue weighted by atomic mass is 10.4. The van der Waals surface area contributed by atoms with Crippen molar-refractivity contribution in [2.24, 2.45) is 0 Å². The molecule has 0 radical (unpaired) electrons. The Labute approximate surface area is 89.8 Å². The van der Waals surface area contributed by atoms with Crippen LogP contribution in [-0.4, -0.2) is 22.5 Å². The molecule has 0 N–H and O–H groups in total. The molecule has 1 rings (SSSR count). The third kappa shape index (κ3) is 3.54. The SMILES string of the molecule is CCOC(=O)C#Cc1cnc(Br)cn1. The van der Waals surface area contributed by atoms with Crippen LogP contribution in [0, 0.1) is 11.8 Å². The molecule has 4 nitrogen and oxygen atoms in total. The molecule has 5 heteroatoms. The molecule has 1 aromatic rings. The number of hydrogen-bond donors (Lipinski definition) is 0. The topological polar surface area (TPSA) is 52.1 Å². The number of carbonyl (C=O) groups is 1. The van der Waals surface area contributed by atoms with Crippen LogP contribution in [0.5, 0.6) is 0 Å². The highest BCUT2D eigenvalue weighted by Crippen LogP contribution is 2.01. The maximum atomic E-state index is 10.8. The molecular weight excluding hydrogens is 248 g/mol. The van der Waals surface area contributed by atoms with Gasteiger partial charge in [-0.2, -0.15) is 0 Å². The molecule has 1 heterocycles. The number of rotatable bonds is 1. The first-order valence-corrected chi connectivity index (χ1v) is 4.68. The molecule has 72 valence electrons. The van der Waals surface area contributed by atoms with Crippen molar-refractivity contribution in [2.75, 3.05) is 6.61 Å². The summed E-state index contributed by atoms with van der Waals surface area (Å²) in [5, 5.41) is 0. The van der Waals surface area contributed by atoms with Crippen molar-refractivity contribution < 1.29 is 9.53 Å². The maximum absolute atomic E-state index is 10.8. The van der Waals surface area contributed by atoms with E-state index in [-0.39, 0.29) is 0 Å². The third-order valence-electron chi connectivity index (χ3n) is 1.19. The highest BCUT2D eigenvalue weighted by molar-refractivity contribution is 9.10.